The second-order valence-electron chi connectivity index (χ2n) is 8.35. The SMILES string of the molecule is CN1CCN(C(=O)OC2c3cc(C(F)(F)F)ccc3C(=O)N2c2ccc3ccc(Cl)nc3n2)CC1. The zero-order valence-corrected chi connectivity index (χ0v) is 19.2. The van der Waals surface area contributed by atoms with E-state index >= 15 is 0 Å². The third kappa shape index (κ3) is 4.37. The predicted octanol–water partition coefficient (Wildman–Crippen LogP) is 4.35. The number of likely N-dealkylation sites (N-methyl/N-ethyl adjacent to an activating group) is 1. The van der Waals surface area contributed by atoms with Gasteiger partial charge in [0.25, 0.3) is 5.91 Å². The number of ether oxygens (including phenoxy) is 1. The Bertz CT molecular complexity index is 1330. The Labute approximate surface area is 202 Å². The Morgan fingerprint density at radius 2 is 1.77 bits per heavy atom. The Balaban J connectivity index is 1.56. The molecular formula is C23H19ClF3N5O3. The molecule has 0 radical (unpaired) electrons. The number of aromatic nitrogens is 2. The Morgan fingerprint density at radius 3 is 2.49 bits per heavy atom. The minimum absolute atomic E-state index is 0.00451. The van der Waals surface area contributed by atoms with Crippen LogP contribution in [0.2, 0.25) is 5.15 Å². The van der Waals surface area contributed by atoms with Crippen LogP contribution in [0.4, 0.5) is 23.8 Å². The van der Waals surface area contributed by atoms with E-state index in [0.717, 1.165) is 23.1 Å². The van der Waals surface area contributed by atoms with E-state index in [1.54, 1.807) is 18.2 Å². The quantitative estimate of drug-likeness (QED) is 0.482. The van der Waals surface area contributed by atoms with Gasteiger partial charge in [-0.1, -0.05) is 11.6 Å². The lowest BCUT2D eigenvalue weighted by atomic mass is 10.1. The summed E-state index contributed by atoms with van der Waals surface area (Å²) in [6, 6.07) is 9.21. The molecule has 35 heavy (non-hydrogen) atoms. The maximum atomic E-state index is 13.5. The minimum atomic E-state index is -4.64. The lowest BCUT2D eigenvalue weighted by Crippen LogP contribution is -2.48. The number of hydrogen-bond acceptors (Lipinski definition) is 6. The highest BCUT2D eigenvalue weighted by Crippen LogP contribution is 2.41. The highest BCUT2D eigenvalue weighted by atomic mass is 35.5. The molecule has 8 nitrogen and oxygen atoms in total. The molecule has 1 unspecified atom stereocenters. The first-order valence-electron chi connectivity index (χ1n) is 10.7. The summed E-state index contributed by atoms with van der Waals surface area (Å²) in [5.74, 6) is -0.572. The Kier molecular flexibility index (Phi) is 5.76. The average Bonchev–Trinajstić information content (AvgIpc) is 3.09. The number of nitrogens with zero attached hydrogens (tertiary/aromatic N) is 5. The molecule has 12 heteroatoms. The minimum Gasteiger partial charge on any atom is -0.420 e. The highest BCUT2D eigenvalue weighted by Gasteiger charge is 2.44. The molecular weight excluding hydrogens is 487 g/mol. The fourth-order valence-electron chi connectivity index (χ4n) is 4.11. The molecule has 1 aromatic carbocycles. The molecule has 2 amide bonds. The molecule has 0 saturated carbocycles. The van der Waals surface area contributed by atoms with E-state index in [4.69, 9.17) is 16.3 Å². The van der Waals surface area contributed by atoms with E-state index < -0.39 is 30.0 Å². The van der Waals surface area contributed by atoms with Crippen molar-refractivity contribution in [2.75, 3.05) is 38.1 Å². The second kappa shape index (κ2) is 8.65. The van der Waals surface area contributed by atoms with Gasteiger partial charge in [-0.25, -0.2) is 14.8 Å². The molecule has 0 N–H and O–H groups in total. The van der Waals surface area contributed by atoms with E-state index in [1.165, 1.54) is 11.0 Å². The first-order chi connectivity index (χ1) is 16.6. The van der Waals surface area contributed by atoms with Gasteiger partial charge in [0.1, 0.15) is 11.0 Å². The van der Waals surface area contributed by atoms with Crippen molar-refractivity contribution in [3.63, 3.8) is 0 Å². The van der Waals surface area contributed by atoms with Gasteiger partial charge in [-0.15, -0.1) is 0 Å². The fourth-order valence-corrected chi connectivity index (χ4v) is 4.26. The number of halogens is 4. The highest BCUT2D eigenvalue weighted by molar-refractivity contribution is 6.29. The molecule has 1 saturated heterocycles. The molecule has 2 aliphatic heterocycles. The molecule has 182 valence electrons. The number of anilines is 1. The topological polar surface area (TPSA) is 78.9 Å². The molecule has 0 bridgehead atoms. The van der Waals surface area contributed by atoms with Crippen molar-refractivity contribution in [1.29, 1.82) is 0 Å². The van der Waals surface area contributed by atoms with E-state index in [0.29, 0.717) is 31.6 Å². The largest absolute Gasteiger partial charge is 0.420 e. The third-order valence-electron chi connectivity index (χ3n) is 6.05. The number of rotatable bonds is 2. The van der Waals surface area contributed by atoms with Crippen LogP contribution in [-0.4, -0.2) is 65.0 Å². The normalized spacial score (nSPS) is 18.8. The number of pyridine rings is 2. The van der Waals surface area contributed by atoms with Crippen molar-refractivity contribution < 1.29 is 27.5 Å². The van der Waals surface area contributed by atoms with Gasteiger partial charge in [-0.2, -0.15) is 13.2 Å². The van der Waals surface area contributed by atoms with Crippen molar-refractivity contribution in [3.8, 4) is 0 Å². The number of amides is 2. The van der Waals surface area contributed by atoms with Gasteiger partial charge in [-0.05, 0) is 49.5 Å². The molecule has 2 aliphatic rings. The van der Waals surface area contributed by atoms with E-state index in [-0.39, 0.29) is 27.7 Å². The van der Waals surface area contributed by atoms with Gasteiger partial charge in [0, 0.05) is 42.7 Å². The monoisotopic (exact) mass is 505 g/mol. The summed E-state index contributed by atoms with van der Waals surface area (Å²) in [6.45, 7) is 2.02. The summed E-state index contributed by atoms with van der Waals surface area (Å²) in [5.41, 5.74) is -0.784. The number of hydrogen-bond donors (Lipinski definition) is 0. The van der Waals surface area contributed by atoms with E-state index in [2.05, 4.69) is 9.97 Å². The summed E-state index contributed by atoms with van der Waals surface area (Å²) >= 11 is 5.97. The van der Waals surface area contributed by atoms with Crippen molar-refractivity contribution in [2.24, 2.45) is 0 Å². The Morgan fingerprint density at radius 1 is 1.06 bits per heavy atom. The smallest absolute Gasteiger partial charge is 0.416 e. The van der Waals surface area contributed by atoms with Crippen molar-refractivity contribution in [2.45, 2.75) is 12.4 Å². The van der Waals surface area contributed by atoms with Crippen LogP contribution >= 0.6 is 11.6 Å². The van der Waals surface area contributed by atoms with Gasteiger partial charge < -0.3 is 14.5 Å². The average molecular weight is 506 g/mol. The lowest BCUT2D eigenvalue weighted by Gasteiger charge is -2.33. The number of carbonyl (C=O) groups excluding carboxylic acids is 2. The fraction of sp³-hybridized carbons (Fsp3) is 0.304. The molecule has 0 spiro atoms. The first kappa shape index (κ1) is 23.3. The van der Waals surface area contributed by atoms with Crippen LogP contribution in [0.5, 0.6) is 0 Å². The Hall–Kier alpha value is -3.44. The van der Waals surface area contributed by atoms with Gasteiger partial charge in [0.05, 0.1) is 5.56 Å². The molecule has 1 fully saturated rings. The van der Waals surface area contributed by atoms with Crippen molar-refractivity contribution in [3.05, 3.63) is 64.3 Å². The van der Waals surface area contributed by atoms with Crippen LogP contribution in [0.1, 0.15) is 27.7 Å². The molecule has 3 aromatic rings. The van der Waals surface area contributed by atoms with Crippen LogP contribution < -0.4 is 4.90 Å². The summed E-state index contributed by atoms with van der Waals surface area (Å²) < 4.78 is 46.0. The number of piperazine rings is 1. The first-order valence-corrected chi connectivity index (χ1v) is 11.1. The van der Waals surface area contributed by atoms with Crippen molar-refractivity contribution >= 4 is 40.5 Å². The van der Waals surface area contributed by atoms with Crippen LogP contribution in [0.25, 0.3) is 11.0 Å². The molecule has 4 heterocycles. The standard InChI is InChI=1S/C23H19ClF3N5O3/c1-30-8-10-31(11-9-30)22(34)35-21-16-12-14(23(25,26)27)4-5-15(16)20(33)32(21)18-7-3-13-2-6-17(24)28-19(13)29-18/h2-7,12,21H,8-11H2,1H3. The van der Waals surface area contributed by atoms with Gasteiger partial charge in [0.15, 0.2) is 5.65 Å². The third-order valence-corrected chi connectivity index (χ3v) is 6.26. The molecule has 1 atom stereocenters. The van der Waals surface area contributed by atoms with Crippen molar-refractivity contribution in [1.82, 2.24) is 19.8 Å². The molecule has 5 rings (SSSR count). The summed E-state index contributed by atoms with van der Waals surface area (Å²) in [6.07, 6.45) is -6.80. The number of alkyl halides is 3. The zero-order chi connectivity index (χ0) is 24.9. The van der Waals surface area contributed by atoms with E-state index in [1.807, 2.05) is 11.9 Å². The molecule has 2 aromatic heterocycles. The van der Waals surface area contributed by atoms with Gasteiger partial charge >= 0.3 is 12.3 Å². The van der Waals surface area contributed by atoms with Crippen LogP contribution in [-0.2, 0) is 10.9 Å². The summed E-state index contributed by atoms with van der Waals surface area (Å²) in [4.78, 5) is 39.4. The lowest BCUT2D eigenvalue weighted by molar-refractivity contribution is -0.137. The zero-order valence-electron chi connectivity index (χ0n) is 18.4. The second-order valence-corrected chi connectivity index (χ2v) is 8.74. The maximum Gasteiger partial charge on any atom is 0.416 e. The molecule has 0 aliphatic carbocycles. The van der Waals surface area contributed by atoms with Crippen LogP contribution in [0.15, 0.2) is 42.5 Å². The number of fused-ring (bicyclic) bond motifs is 2. The van der Waals surface area contributed by atoms with Crippen LogP contribution in [0.3, 0.4) is 0 Å². The van der Waals surface area contributed by atoms with Gasteiger partial charge in [0.2, 0.25) is 6.23 Å². The maximum absolute atomic E-state index is 13.5. The van der Waals surface area contributed by atoms with E-state index in [9.17, 15) is 22.8 Å². The predicted molar refractivity (Wildman–Crippen MR) is 121 cm³/mol. The summed E-state index contributed by atoms with van der Waals surface area (Å²) in [5, 5.41) is 0.832. The number of carbonyl (C=O) groups is 2. The summed E-state index contributed by atoms with van der Waals surface area (Å²) in [7, 11) is 1.92. The van der Waals surface area contributed by atoms with Gasteiger partial charge in [-0.3, -0.25) is 9.69 Å². The van der Waals surface area contributed by atoms with Crippen LogP contribution in [0, 0.1) is 0 Å². The number of benzene rings is 1.